The molecule has 7 nitrogen and oxygen atoms in total. The van der Waals surface area contributed by atoms with E-state index in [1.807, 2.05) is 6.07 Å². The van der Waals surface area contributed by atoms with Gasteiger partial charge in [0.25, 0.3) is 5.91 Å². The summed E-state index contributed by atoms with van der Waals surface area (Å²) in [5, 5.41) is 3.96. The van der Waals surface area contributed by atoms with Gasteiger partial charge >= 0.3 is 5.63 Å². The van der Waals surface area contributed by atoms with E-state index in [2.05, 4.69) is 22.0 Å². The van der Waals surface area contributed by atoms with Crippen molar-refractivity contribution in [2.24, 2.45) is 0 Å². The van der Waals surface area contributed by atoms with Crippen LogP contribution in [0.2, 0.25) is 5.02 Å². The van der Waals surface area contributed by atoms with Crippen LogP contribution in [0.3, 0.4) is 0 Å². The predicted molar refractivity (Wildman–Crippen MR) is 126 cm³/mol. The molecule has 1 aliphatic heterocycles. The molecule has 1 aliphatic rings. The van der Waals surface area contributed by atoms with Gasteiger partial charge in [0.2, 0.25) is 0 Å². The van der Waals surface area contributed by atoms with Gasteiger partial charge in [-0.2, -0.15) is 0 Å². The van der Waals surface area contributed by atoms with E-state index in [0.717, 1.165) is 44.8 Å². The van der Waals surface area contributed by atoms with Gasteiger partial charge in [0, 0.05) is 54.9 Å². The number of amides is 1. The Morgan fingerprint density at radius 3 is 2.53 bits per heavy atom. The maximum Gasteiger partial charge on any atom is 0.349 e. The summed E-state index contributed by atoms with van der Waals surface area (Å²) in [6.07, 6.45) is 0. The standard InChI is InChI=1S/C24H26ClN3O4/c1-3-27-8-10-28(11-9-27)15-17-4-6-18(13-21(17)25)26-23(29)20-12-16-5-7-19(31-2)14-22(16)32-24(20)30/h4-7,12-14H,3,8-11,15H2,1-2H3,(H,26,29). The van der Waals surface area contributed by atoms with Crippen molar-refractivity contribution in [3.63, 3.8) is 0 Å². The monoisotopic (exact) mass is 455 g/mol. The van der Waals surface area contributed by atoms with Crippen molar-refractivity contribution < 1.29 is 13.9 Å². The first-order valence-corrected chi connectivity index (χ1v) is 11.0. The Balaban J connectivity index is 1.46. The molecule has 0 saturated carbocycles. The topological polar surface area (TPSA) is 75.0 Å². The van der Waals surface area contributed by atoms with Crippen LogP contribution >= 0.6 is 11.6 Å². The van der Waals surface area contributed by atoms with Gasteiger partial charge in [-0.15, -0.1) is 0 Å². The summed E-state index contributed by atoms with van der Waals surface area (Å²) in [5.41, 5.74) is 1.11. The molecule has 0 bridgehead atoms. The number of nitrogens with zero attached hydrogens (tertiary/aromatic N) is 2. The summed E-state index contributed by atoms with van der Waals surface area (Å²) in [4.78, 5) is 29.9. The van der Waals surface area contributed by atoms with E-state index < -0.39 is 11.5 Å². The second-order valence-corrected chi connectivity index (χ2v) is 8.23. The summed E-state index contributed by atoms with van der Waals surface area (Å²) in [5.74, 6) is 0.0239. The van der Waals surface area contributed by atoms with Crippen LogP contribution in [0.15, 0.2) is 51.7 Å². The minimum Gasteiger partial charge on any atom is -0.497 e. The number of anilines is 1. The average molecular weight is 456 g/mol. The molecule has 32 heavy (non-hydrogen) atoms. The third kappa shape index (κ3) is 4.96. The summed E-state index contributed by atoms with van der Waals surface area (Å²) in [7, 11) is 1.53. The van der Waals surface area contributed by atoms with Crippen LogP contribution in [-0.2, 0) is 6.54 Å². The number of hydrogen-bond acceptors (Lipinski definition) is 6. The quantitative estimate of drug-likeness (QED) is 0.569. The van der Waals surface area contributed by atoms with Crippen LogP contribution in [0.25, 0.3) is 11.0 Å². The van der Waals surface area contributed by atoms with Crippen molar-refractivity contribution in [1.82, 2.24) is 9.80 Å². The zero-order chi connectivity index (χ0) is 22.7. The van der Waals surface area contributed by atoms with Crippen molar-refractivity contribution in [2.75, 3.05) is 45.2 Å². The van der Waals surface area contributed by atoms with Crippen molar-refractivity contribution >= 4 is 34.2 Å². The highest BCUT2D eigenvalue weighted by atomic mass is 35.5. The molecule has 1 aromatic heterocycles. The number of rotatable bonds is 6. The molecule has 0 unspecified atom stereocenters. The minimum atomic E-state index is -0.711. The normalized spacial score (nSPS) is 15.1. The number of likely N-dealkylation sites (N-methyl/N-ethyl adjacent to an activating group) is 1. The number of fused-ring (bicyclic) bond motifs is 1. The maximum atomic E-state index is 12.7. The van der Waals surface area contributed by atoms with Crippen molar-refractivity contribution in [3.8, 4) is 5.75 Å². The molecule has 2 aromatic carbocycles. The smallest absolute Gasteiger partial charge is 0.349 e. The number of hydrogen-bond donors (Lipinski definition) is 1. The van der Waals surface area contributed by atoms with E-state index in [9.17, 15) is 9.59 Å². The van der Waals surface area contributed by atoms with E-state index in [1.165, 1.54) is 13.2 Å². The number of benzene rings is 2. The molecule has 0 spiro atoms. The molecule has 0 aliphatic carbocycles. The summed E-state index contributed by atoms with van der Waals surface area (Å²) in [6.45, 7) is 8.15. The zero-order valence-corrected chi connectivity index (χ0v) is 18.9. The maximum absolute atomic E-state index is 12.7. The highest BCUT2D eigenvalue weighted by Gasteiger charge is 2.18. The fraction of sp³-hybridized carbons (Fsp3) is 0.333. The van der Waals surface area contributed by atoms with Gasteiger partial charge in [-0.05, 0) is 42.4 Å². The number of carbonyl (C=O) groups is 1. The molecule has 0 atom stereocenters. The Labute approximate surface area is 191 Å². The number of halogens is 1. The molecule has 2 heterocycles. The van der Waals surface area contributed by atoms with Crippen LogP contribution in [0, 0.1) is 0 Å². The van der Waals surface area contributed by atoms with E-state index in [1.54, 1.807) is 30.3 Å². The first-order chi connectivity index (χ1) is 15.5. The van der Waals surface area contributed by atoms with E-state index in [-0.39, 0.29) is 5.56 Å². The van der Waals surface area contributed by atoms with Gasteiger partial charge in [0.15, 0.2) is 0 Å². The van der Waals surface area contributed by atoms with Crippen molar-refractivity contribution in [1.29, 1.82) is 0 Å². The lowest BCUT2D eigenvalue weighted by Gasteiger charge is -2.34. The third-order valence-electron chi connectivity index (χ3n) is 5.80. The van der Waals surface area contributed by atoms with Gasteiger partial charge < -0.3 is 19.4 Å². The number of carbonyl (C=O) groups excluding carboxylic acids is 1. The van der Waals surface area contributed by atoms with E-state index in [4.69, 9.17) is 20.8 Å². The van der Waals surface area contributed by atoms with E-state index in [0.29, 0.717) is 27.4 Å². The lowest BCUT2D eigenvalue weighted by Crippen LogP contribution is -2.45. The average Bonchev–Trinajstić information content (AvgIpc) is 2.80. The number of piperazine rings is 1. The molecule has 0 radical (unpaired) electrons. The van der Waals surface area contributed by atoms with Crippen LogP contribution in [0.4, 0.5) is 5.69 Å². The number of nitrogens with one attached hydrogen (secondary N) is 1. The van der Waals surface area contributed by atoms with Crippen LogP contribution in [0.1, 0.15) is 22.8 Å². The Morgan fingerprint density at radius 2 is 1.84 bits per heavy atom. The minimum absolute atomic E-state index is 0.0725. The first kappa shape index (κ1) is 22.3. The lowest BCUT2D eigenvalue weighted by molar-refractivity contribution is 0.102. The third-order valence-corrected chi connectivity index (χ3v) is 6.16. The molecular formula is C24H26ClN3O4. The zero-order valence-electron chi connectivity index (χ0n) is 18.2. The summed E-state index contributed by atoms with van der Waals surface area (Å²) >= 11 is 6.49. The van der Waals surface area contributed by atoms with Crippen LogP contribution < -0.4 is 15.7 Å². The van der Waals surface area contributed by atoms with E-state index >= 15 is 0 Å². The van der Waals surface area contributed by atoms with Gasteiger partial charge in [0.1, 0.15) is 16.9 Å². The fourth-order valence-corrected chi connectivity index (χ4v) is 4.07. The molecular weight excluding hydrogens is 430 g/mol. The largest absolute Gasteiger partial charge is 0.497 e. The van der Waals surface area contributed by atoms with Gasteiger partial charge in [-0.25, -0.2) is 4.79 Å². The molecule has 1 fully saturated rings. The SMILES string of the molecule is CCN1CCN(Cc2ccc(NC(=O)c3cc4ccc(OC)cc4oc3=O)cc2Cl)CC1. The molecule has 3 aromatic rings. The lowest BCUT2D eigenvalue weighted by atomic mass is 10.1. The van der Waals surface area contributed by atoms with Crippen LogP contribution in [-0.4, -0.2) is 55.5 Å². The molecule has 1 amide bonds. The Kier molecular flexibility index (Phi) is 6.79. The molecule has 168 valence electrons. The Morgan fingerprint density at radius 1 is 1.09 bits per heavy atom. The Bertz CT molecular complexity index is 1190. The van der Waals surface area contributed by atoms with Gasteiger partial charge in [-0.3, -0.25) is 9.69 Å². The van der Waals surface area contributed by atoms with Crippen molar-refractivity contribution in [3.05, 3.63) is 69.0 Å². The highest BCUT2D eigenvalue weighted by molar-refractivity contribution is 6.31. The van der Waals surface area contributed by atoms with Gasteiger partial charge in [-0.1, -0.05) is 24.6 Å². The fourth-order valence-electron chi connectivity index (χ4n) is 3.83. The first-order valence-electron chi connectivity index (χ1n) is 10.6. The van der Waals surface area contributed by atoms with Crippen LogP contribution in [0.5, 0.6) is 5.75 Å². The Hall–Kier alpha value is -2.87. The highest BCUT2D eigenvalue weighted by Crippen LogP contribution is 2.24. The van der Waals surface area contributed by atoms with Crippen molar-refractivity contribution in [2.45, 2.75) is 13.5 Å². The molecule has 4 rings (SSSR count). The van der Waals surface area contributed by atoms with Gasteiger partial charge in [0.05, 0.1) is 7.11 Å². The second kappa shape index (κ2) is 9.73. The number of ether oxygens (including phenoxy) is 1. The summed E-state index contributed by atoms with van der Waals surface area (Å²) in [6, 6.07) is 12.0. The molecule has 1 saturated heterocycles. The molecule has 1 N–H and O–H groups in total. The predicted octanol–water partition coefficient (Wildman–Crippen LogP) is 3.84. The molecule has 8 heteroatoms. The summed E-state index contributed by atoms with van der Waals surface area (Å²) < 4.78 is 10.4. The second-order valence-electron chi connectivity index (χ2n) is 7.82. The number of methoxy groups -OCH3 is 1.